The average molecular weight is 435 g/mol. The molecule has 0 radical (unpaired) electrons. The Bertz CT molecular complexity index is 1550. The Labute approximate surface area is 190 Å². The number of rotatable bonds is 3. The van der Waals surface area contributed by atoms with E-state index in [0.717, 1.165) is 49.9 Å². The lowest BCUT2D eigenvalue weighted by molar-refractivity contribution is -0.121. The molecule has 4 heterocycles. The lowest BCUT2D eigenvalue weighted by Crippen LogP contribution is -2.33. The van der Waals surface area contributed by atoms with Gasteiger partial charge in [-0.2, -0.15) is 0 Å². The molecular formula is C26H22N6O. The number of aromatic nitrogens is 4. The summed E-state index contributed by atoms with van der Waals surface area (Å²) in [5.74, 6) is 0.444. The fraction of sp³-hybridized carbons (Fsp3) is 0.154. The number of hydrogen-bond acceptors (Lipinski definition) is 5. The molecule has 0 spiro atoms. The zero-order chi connectivity index (χ0) is 22.5. The van der Waals surface area contributed by atoms with Crippen molar-refractivity contribution < 1.29 is 4.79 Å². The van der Waals surface area contributed by atoms with Crippen molar-refractivity contribution >= 4 is 33.7 Å². The summed E-state index contributed by atoms with van der Waals surface area (Å²) in [6, 6.07) is 18.2. The number of anilines is 1. The van der Waals surface area contributed by atoms with Crippen LogP contribution in [0.3, 0.4) is 0 Å². The number of carbonyl (C=O) groups excluding carboxylic acids is 1. The van der Waals surface area contributed by atoms with Crippen LogP contribution >= 0.6 is 0 Å². The van der Waals surface area contributed by atoms with Gasteiger partial charge in [-0.25, -0.2) is 9.97 Å². The quantitative estimate of drug-likeness (QED) is 0.436. The second-order valence-electron chi connectivity index (χ2n) is 8.27. The maximum atomic E-state index is 12.3. The molecule has 5 aromatic rings. The van der Waals surface area contributed by atoms with E-state index in [2.05, 4.69) is 44.1 Å². The molecule has 2 aromatic carbocycles. The zero-order valence-electron chi connectivity index (χ0n) is 18.1. The average Bonchev–Trinajstić information content (AvgIpc) is 3.19. The van der Waals surface area contributed by atoms with Gasteiger partial charge in [0.1, 0.15) is 17.8 Å². The van der Waals surface area contributed by atoms with E-state index in [9.17, 15) is 4.79 Å². The van der Waals surface area contributed by atoms with Crippen LogP contribution in [0.25, 0.3) is 44.3 Å². The molecule has 6 rings (SSSR count). The number of fused-ring (bicyclic) bond motifs is 6. The predicted molar refractivity (Wildman–Crippen MR) is 129 cm³/mol. The third-order valence-corrected chi connectivity index (χ3v) is 6.36. The summed E-state index contributed by atoms with van der Waals surface area (Å²) in [5, 5.41) is 5.03. The second kappa shape index (κ2) is 7.41. The number of para-hydroxylation sites is 1. The Morgan fingerprint density at radius 3 is 2.82 bits per heavy atom. The van der Waals surface area contributed by atoms with E-state index in [1.165, 1.54) is 6.33 Å². The fourth-order valence-corrected chi connectivity index (χ4v) is 4.86. The highest BCUT2D eigenvalue weighted by molar-refractivity contribution is 6.09. The van der Waals surface area contributed by atoms with Crippen molar-refractivity contribution in [2.75, 3.05) is 5.73 Å². The first kappa shape index (κ1) is 19.4. The van der Waals surface area contributed by atoms with Crippen molar-refractivity contribution in [2.24, 2.45) is 0 Å². The molecule has 3 N–H and O–H groups in total. The molecule has 1 amide bonds. The van der Waals surface area contributed by atoms with Crippen LogP contribution in [-0.4, -0.2) is 25.4 Å². The Hall–Kier alpha value is -4.26. The van der Waals surface area contributed by atoms with Gasteiger partial charge in [-0.05, 0) is 17.7 Å². The number of benzene rings is 2. The third-order valence-electron chi connectivity index (χ3n) is 6.36. The topological polar surface area (TPSA) is 98.7 Å². The van der Waals surface area contributed by atoms with Gasteiger partial charge in [0.15, 0.2) is 0 Å². The minimum absolute atomic E-state index is 0.0165. The van der Waals surface area contributed by atoms with Crippen molar-refractivity contribution in [3.63, 3.8) is 0 Å². The fourth-order valence-electron chi connectivity index (χ4n) is 4.86. The molecule has 7 heteroatoms. The molecular weight excluding hydrogens is 412 g/mol. The maximum Gasteiger partial charge on any atom is 0.220 e. The largest absolute Gasteiger partial charge is 0.383 e. The first-order valence-corrected chi connectivity index (χ1v) is 11.0. The molecule has 0 unspecified atom stereocenters. The van der Waals surface area contributed by atoms with Gasteiger partial charge in [0.05, 0.1) is 22.6 Å². The molecule has 0 aliphatic carbocycles. The molecule has 3 aromatic heterocycles. The number of pyridine rings is 1. The highest BCUT2D eigenvalue weighted by atomic mass is 16.1. The number of carbonyl (C=O) groups is 1. The van der Waals surface area contributed by atoms with Gasteiger partial charge in [-0.15, -0.1) is 0 Å². The standard InChI is InChI=1S/C26H22N6O/c1-2-21(33)31-20-13-32-24(18-9-5-4-8-17(18)20)22(23-25(27)29-14-30-26(23)32)16-11-15-7-3-6-10-19(15)28-12-16/h3-12,14,20H,2,13H2,1H3,(H,31,33)(H2,27,29,30)/t20-/m1/s1. The van der Waals surface area contributed by atoms with Crippen LogP contribution in [0, 0.1) is 0 Å². The number of nitrogens with two attached hydrogens (primary N) is 1. The second-order valence-corrected chi connectivity index (χ2v) is 8.27. The van der Waals surface area contributed by atoms with Gasteiger partial charge >= 0.3 is 0 Å². The first-order chi connectivity index (χ1) is 16.2. The van der Waals surface area contributed by atoms with Gasteiger partial charge in [-0.1, -0.05) is 49.4 Å². The highest BCUT2D eigenvalue weighted by Gasteiger charge is 2.32. The molecule has 0 bridgehead atoms. The SMILES string of the molecule is CCC(=O)N[C@@H]1Cn2c(c(-c3cnc4ccccc4c3)c3c(N)ncnc32)-c2ccccc21. The molecule has 0 saturated carbocycles. The third kappa shape index (κ3) is 2.96. The molecule has 1 atom stereocenters. The lowest BCUT2D eigenvalue weighted by atomic mass is 9.90. The van der Waals surface area contributed by atoms with Crippen molar-refractivity contribution in [3.8, 4) is 22.4 Å². The monoisotopic (exact) mass is 434 g/mol. The number of hydrogen-bond donors (Lipinski definition) is 2. The summed E-state index contributed by atoms with van der Waals surface area (Å²) in [6.07, 6.45) is 3.81. The predicted octanol–water partition coefficient (Wildman–Crippen LogP) is 4.48. The first-order valence-electron chi connectivity index (χ1n) is 11.0. The van der Waals surface area contributed by atoms with Crippen molar-refractivity contribution in [1.29, 1.82) is 0 Å². The van der Waals surface area contributed by atoms with Gasteiger partial charge in [0, 0.05) is 41.2 Å². The van der Waals surface area contributed by atoms with Crippen LogP contribution in [-0.2, 0) is 11.3 Å². The minimum atomic E-state index is -0.157. The number of nitrogens with one attached hydrogen (secondary N) is 1. The van der Waals surface area contributed by atoms with E-state index in [4.69, 9.17) is 10.7 Å². The van der Waals surface area contributed by atoms with Crippen LogP contribution in [0.5, 0.6) is 0 Å². The summed E-state index contributed by atoms with van der Waals surface area (Å²) < 4.78 is 2.15. The normalized spacial score (nSPS) is 14.8. The Morgan fingerprint density at radius 2 is 1.94 bits per heavy atom. The lowest BCUT2D eigenvalue weighted by Gasteiger charge is -2.29. The van der Waals surface area contributed by atoms with Crippen LogP contribution in [0.1, 0.15) is 24.9 Å². The van der Waals surface area contributed by atoms with E-state index < -0.39 is 0 Å². The summed E-state index contributed by atoms with van der Waals surface area (Å²) in [6.45, 7) is 2.42. The van der Waals surface area contributed by atoms with Crippen LogP contribution in [0.15, 0.2) is 67.1 Å². The smallest absolute Gasteiger partial charge is 0.220 e. The van der Waals surface area contributed by atoms with E-state index in [1.54, 1.807) is 0 Å². The summed E-state index contributed by atoms with van der Waals surface area (Å²) in [5.41, 5.74) is 13.2. The van der Waals surface area contributed by atoms with Crippen molar-refractivity contribution in [1.82, 2.24) is 24.8 Å². The number of nitrogens with zero attached hydrogens (tertiary/aromatic N) is 4. The van der Waals surface area contributed by atoms with E-state index >= 15 is 0 Å². The van der Waals surface area contributed by atoms with Gasteiger partial charge in [-0.3, -0.25) is 9.78 Å². The minimum Gasteiger partial charge on any atom is -0.383 e. The van der Waals surface area contributed by atoms with Gasteiger partial charge in [0.25, 0.3) is 0 Å². The number of amides is 1. The Kier molecular flexibility index (Phi) is 4.36. The molecule has 0 fully saturated rings. The van der Waals surface area contributed by atoms with Crippen molar-refractivity contribution in [2.45, 2.75) is 25.9 Å². The van der Waals surface area contributed by atoms with Gasteiger partial charge in [0.2, 0.25) is 5.91 Å². The Morgan fingerprint density at radius 1 is 1.12 bits per heavy atom. The van der Waals surface area contributed by atoms with Crippen LogP contribution in [0.2, 0.25) is 0 Å². The van der Waals surface area contributed by atoms with E-state index in [-0.39, 0.29) is 11.9 Å². The van der Waals surface area contributed by atoms with Crippen LogP contribution in [0.4, 0.5) is 5.82 Å². The van der Waals surface area contributed by atoms with E-state index in [0.29, 0.717) is 18.8 Å². The van der Waals surface area contributed by atoms with Gasteiger partial charge < -0.3 is 15.6 Å². The van der Waals surface area contributed by atoms with Crippen LogP contribution < -0.4 is 11.1 Å². The molecule has 33 heavy (non-hydrogen) atoms. The van der Waals surface area contributed by atoms with E-state index in [1.807, 2.05) is 43.5 Å². The molecule has 1 aliphatic rings. The highest BCUT2D eigenvalue weighted by Crippen LogP contribution is 2.47. The summed E-state index contributed by atoms with van der Waals surface area (Å²) in [4.78, 5) is 25.9. The molecule has 0 saturated heterocycles. The number of nitrogen functional groups attached to an aromatic ring is 1. The summed E-state index contributed by atoms with van der Waals surface area (Å²) >= 11 is 0. The van der Waals surface area contributed by atoms with Crippen molar-refractivity contribution in [3.05, 3.63) is 72.7 Å². The maximum absolute atomic E-state index is 12.3. The molecule has 1 aliphatic heterocycles. The zero-order valence-corrected chi connectivity index (χ0v) is 18.1. The Balaban J connectivity index is 1.67. The molecule has 162 valence electrons. The molecule has 7 nitrogen and oxygen atoms in total. The summed E-state index contributed by atoms with van der Waals surface area (Å²) in [7, 11) is 0.